The fraction of sp³-hybridized carbons (Fsp3) is 0.278. The Hall–Kier alpha value is -2.69. The molecule has 0 amide bonds. The van der Waals surface area contributed by atoms with E-state index >= 15 is 0 Å². The third-order valence-electron chi connectivity index (χ3n) is 4.41. The van der Waals surface area contributed by atoms with Crippen molar-refractivity contribution in [2.75, 3.05) is 12.8 Å². The largest absolute Gasteiger partial charge is 0.404 e. The standard InChI is InChI=1S/C18H21N5/c1-22-10-11(8-19)18-13-5-3-2-4-12(13)17-14(9-20)15(21)6-7-16(17)23-18/h6-10,20H,2-5,19,21H2,1H3/b11-8+,20-9?,22-10?. The van der Waals surface area contributed by atoms with Crippen molar-refractivity contribution in [3.63, 3.8) is 0 Å². The Labute approximate surface area is 135 Å². The van der Waals surface area contributed by atoms with Gasteiger partial charge in [-0.3, -0.25) is 4.99 Å². The molecule has 3 rings (SSSR count). The van der Waals surface area contributed by atoms with Crippen LogP contribution in [0.2, 0.25) is 0 Å². The van der Waals surface area contributed by atoms with Gasteiger partial charge in [0.2, 0.25) is 0 Å². The molecule has 0 saturated carbocycles. The van der Waals surface area contributed by atoms with Crippen molar-refractivity contribution >= 4 is 34.6 Å². The van der Waals surface area contributed by atoms with Gasteiger partial charge in [-0.1, -0.05) is 0 Å². The molecule has 1 aliphatic carbocycles. The van der Waals surface area contributed by atoms with Gasteiger partial charge < -0.3 is 16.9 Å². The first-order chi connectivity index (χ1) is 11.2. The molecule has 23 heavy (non-hydrogen) atoms. The van der Waals surface area contributed by atoms with Crippen LogP contribution in [0.3, 0.4) is 0 Å². The lowest BCUT2D eigenvalue weighted by atomic mass is 9.85. The molecule has 118 valence electrons. The number of nitrogens with zero attached hydrogens (tertiary/aromatic N) is 2. The summed E-state index contributed by atoms with van der Waals surface area (Å²) >= 11 is 0. The first kappa shape index (κ1) is 15.2. The Kier molecular flexibility index (Phi) is 4.10. The molecule has 2 aromatic rings. The Bertz CT molecular complexity index is 833. The molecule has 0 saturated heterocycles. The van der Waals surface area contributed by atoms with Crippen molar-refractivity contribution in [1.29, 1.82) is 5.41 Å². The molecule has 1 heterocycles. The number of benzene rings is 1. The first-order valence-electron chi connectivity index (χ1n) is 7.80. The molecule has 1 aromatic carbocycles. The second kappa shape index (κ2) is 6.20. The molecule has 5 N–H and O–H groups in total. The van der Waals surface area contributed by atoms with Crippen molar-refractivity contribution in [1.82, 2.24) is 4.98 Å². The highest BCUT2D eigenvalue weighted by molar-refractivity contribution is 6.11. The Morgan fingerprint density at radius 1 is 1.26 bits per heavy atom. The Morgan fingerprint density at radius 2 is 2.00 bits per heavy atom. The molecule has 0 fully saturated rings. The minimum atomic E-state index is 0.625. The number of pyridine rings is 1. The van der Waals surface area contributed by atoms with Crippen LogP contribution < -0.4 is 11.5 Å². The topological polar surface area (TPSA) is 101 Å². The summed E-state index contributed by atoms with van der Waals surface area (Å²) in [5.41, 5.74) is 18.3. The summed E-state index contributed by atoms with van der Waals surface area (Å²) in [7, 11) is 1.73. The minimum absolute atomic E-state index is 0.625. The van der Waals surface area contributed by atoms with Crippen LogP contribution >= 0.6 is 0 Å². The van der Waals surface area contributed by atoms with Gasteiger partial charge in [0.15, 0.2) is 0 Å². The molecule has 5 nitrogen and oxygen atoms in total. The maximum atomic E-state index is 7.74. The van der Waals surface area contributed by atoms with E-state index in [2.05, 4.69) is 4.99 Å². The van der Waals surface area contributed by atoms with Crippen LogP contribution in [0.5, 0.6) is 0 Å². The number of nitrogens with one attached hydrogen (secondary N) is 1. The number of aliphatic imine (C=N–C) groups is 1. The molecule has 0 spiro atoms. The average molecular weight is 307 g/mol. The number of fused-ring (bicyclic) bond motifs is 3. The summed E-state index contributed by atoms with van der Waals surface area (Å²) in [5, 5.41) is 8.76. The van der Waals surface area contributed by atoms with Crippen LogP contribution in [-0.2, 0) is 12.8 Å². The number of hydrogen-bond acceptors (Lipinski definition) is 5. The van der Waals surface area contributed by atoms with E-state index in [1.165, 1.54) is 17.3 Å². The number of allylic oxidation sites excluding steroid dienone is 1. The summed E-state index contributed by atoms with van der Waals surface area (Å²) in [5.74, 6) is 0. The zero-order valence-electron chi connectivity index (χ0n) is 13.3. The van der Waals surface area contributed by atoms with Gasteiger partial charge in [-0.05, 0) is 48.9 Å². The van der Waals surface area contributed by atoms with Crippen LogP contribution in [0.4, 0.5) is 5.69 Å². The number of aryl methyl sites for hydroxylation is 1. The third kappa shape index (κ3) is 2.48. The zero-order valence-corrected chi connectivity index (χ0v) is 13.3. The fourth-order valence-corrected chi connectivity index (χ4v) is 3.38. The van der Waals surface area contributed by atoms with Gasteiger partial charge in [0.1, 0.15) is 0 Å². The van der Waals surface area contributed by atoms with Crippen molar-refractivity contribution in [3.8, 4) is 0 Å². The lowest BCUT2D eigenvalue weighted by Gasteiger charge is -2.22. The minimum Gasteiger partial charge on any atom is -0.404 e. The van der Waals surface area contributed by atoms with E-state index in [-0.39, 0.29) is 0 Å². The average Bonchev–Trinajstić information content (AvgIpc) is 2.59. The SMILES string of the molecule is CN=C/C(=C\N)c1nc2ccc(N)c(C=N)c2c2c1CCCC2. The second-order valence-corrected chi connectivity index (χ2v) is 5.74. The number of hydrogen-bond donors (Lipinski definition) is 3. The highest BCUT2D eigenvalue weighted by Gasteiger charge is 2.21. The summed E-state index contributed by atoms with van der Waals surface area (Å²) in [6.07, 6.45) is 8.86. The molecule has 0 radical (unpaired) electrons. The number of rotatable bonds is 3. The van der Waals surface area contributed by atoms with E-state index in [4.69, 9.17) is 21.9 Å². The predicted octanol–water partition coefficient (Wildman–Crippen LogP) is 2.69. The number of nitrogen functional groups attached to an aromatic ring is 1. The van der Waals surface area contributed by atoms with E-state index < -0.39 is 0 Å². The lowest BCUT2D eigenvalue weighted by Crippen LogP contribution is -2.12. The normalized spacial score (nSPS) is 15.1. The van der Waals surface area contributed by atoms with Gasteiger partial charge in [-0.15, -0.1) is 0 Å². The molecular formula is C18H21N5. The van der Waals surface area contributed by atoms with Gasteiger partial charge >= 0.3 is 0 Å². The van der Waals surface area contributed by atoms with E-state index in [9.17, 15) is 0 Å². The maximum Gasteiger partial charge on any atom is 0.0774 e. The van der Waals surface area contributed by atoms with Gasteiger partial charge in [0.05, 0.1) is 11.2 Å². The smallest absolute Gasteiger partial charge is 0.0774 e. The molecule has 0 atom stereocenters. The summed E-state index contributed by atoms with van der Waals surface area (Å²) in [6, 6.07) is 3.74. The second-order valence-electron chi connectivity index (χ2n) is 5.74. The predicted molar refractivity (Wildman–Crippen MR) is 97.3 cm³/mol. The third-order valence-corrected chi connectivity index (χ3v) is 4.41. The van der Waals surface area contributed by atoms with Crippen LogP contribution in [0, 0.1) is 5.41 Å². The quantitative estimate of drug-likeness (QED) is 0.600. The van der Waals surface area contributed by atoms with Crippen molar-refractivity contribution < 1.29 is 0 Å². The zero-order chi connectivity index (χ0) is 16.4. The molecule has 0 unspecified atom stereocenters. The van der Waals surface area contributed by atoms with E-state index in [1.54, 1.807) is 19.5 Å². The van der Waals surface area contributed by atoms with Crippen LogP contribution in [0.15, 0.2) is 23.3 Å². The summed E-state index contributed by atoms with van der Waals surface area (Å²) in [4.78, 5) is 8.92. The van der Waals surface area contributed by atoms with Crippen LogP contribution in [-0.4, -0.2) is 24.5 Å². The molecular weight excluding hydrogens is 286 g/mol. The number of aromatic nitrogens is 1. The monoisotopic (exact) mass is 307 g/mol. The summed E-state index contributed by atoms with van der Waals surface area (Å²) < 4.78 is 0. The Balaban J connectivity index is 2.41. The van der Waals surface area contributed by atoms with Gasteiger partial charge in [0, 0.05) is 47.9 Å². The van der Waals surface area contributed by atoms with Crippen molar-refractivity contribution in [2.24, 2.45) is 10.7 Å². The van der Waals surface area contributed by atoms with Crippen molar-refractivity contribution in [3.05, 3.63) is 40.7 Å². The van der Waals surface area contributed by atoms with Crippen molar-refractivity contribution in [2.45, 2.75) is 25.7 Å². The molecule has 1 aliphatic rings. The molecule has 0 bridgehead atoms. The van der Waals surface area contributed by atoms with Crippen LogP contribution in [0.1, 0.15) is 35.2 Å². The lowest BCUT2D eigenvalue weighted by molar-refractivity contribution is 0.686. The number of nitrogens with two attached hydrogens (primary N) is 2. The van der Waals surface area contributed by atoms with Gasteiger partial charge in [-0.25, -0.2) is 4.98 Å². The maximum absolute atomic E-state index is 7.74. The number of anilines is 1. The first-order valence-corrected chi connectivity index (χ1v) is 7.80. The van der Waals surface area contributed by atoms with E-state index in [0.29, 0.717) is 5.69 Å². The van der Waals surface area contributed by atoms with E-state index in [0.717, 1.165) is 53.4 Å². The highest BCUT2D eigenvalue weighted by atomic mass is 14.7. The van der Waals surface area contributed by atoms with Crippen LogP contribution in [0.25, 0.3) is 16.5 Å². The van der Waals surface area contributed by atoms with E-state index in [1.807, 2.05) is 12.1 Å². The molecule has 0 aliphatic heterocycles. The fourth-order valence-electron chi connectivity index (χ4n) is 3.38. The molecule has 5 heteroatoms. The summed E-state index contributed by atoms with van der Waals surface area (Å²) in [6.45, 7) is 0. The highest BCUT2D eigenvalue weighted by Crippen LogP contribution is 2.35. The Morgan fingerprint density at radius 3 is 2.65 bits per heavy atom. The van der Waals surface area contributed by atoms with Gasteiger partial charge in [0.25, 0.3) is 0 Å². The van der Waals surface area contributed by atoms with Gasteiger partial charge in [-0.2, -0.15) is 0 Å². The molecule has 1 aromatic heterocycles.